The molecule has 2 heterocycles. The summed E-state index contributed by atoms with van der Waals surface area (Å²) < 4.78 is 0. The van der Waals surface area contributed by atoms with Crippen LogP contribution < -0.4 is 10.6 Å². The van der Waals surface area contributed by atoms with Gasteiger partial charge in [0.05, 0.1) is 25.2 Å². The highest BCUT2D eigenvalue weighted by Gasteiger charge is 2.52. The minimum absolute atomic E-state index is 0.163. The average Bonchev–Trinajstić information content (AvgIpc) is 3.08. The molecule has 4 rings (SSSR count). The molecule has 0 aliphatic carbocycles. The fourth-order valence-corrected chi connectivity index (χ4v) is 5.26. The van der Waals surface area contributed by atoms with E-state index in [1.54, 1.807) is 18.2 Å². The third kappa shape index (κ3) is 4.74. The van der Waals surface area contributed by atoms with Gasteiger partial charge in [-0.15, -0.1) is 0 Å². The Balaban J connectivity index is 1.70. The first kappa shape index (κ1) is 24.0. The lowest BCUT2D eigenvalue weighted by molar-refractivity contribution is -0.135. The van der Waals surface area contributed by atoms with Crippen molar-refractivity contribution in [1.82, 2.24) is 10.2 Å². The van der Waals surface area contributed by atoms with Gasteiger partial charge in [-0.1, -0.05) is 41.4 Å². The zero-order valence-electron chi connectivity index (χ0n) is 18.1. The number of rotatable bonds is 7. The number of nitrogens with one attached hydrogen (secondary N) is 2. The van der Waals surface area contributed by atoms with Gasteiger partial charge >= 0.3 is 0 Å². The van der Waals surface area contributed by atoms with E-state index in [2.05, 4.69) is 15.5 Å². The predicted octanol–water partition coefficient (Wildman–Crippen LogP) is 2.56. The van der Waals surface area contributed by atoms with Crippen LogP contribution in [-0.2, 0) is 21.5 Å². The fourth-order valence-electron chi connectivity index (χ4n) is 4.88. The van der Waals surface area contributed by atoms with Crippen molar-refractivity contribution >= 4 is 40.7 Å². The number of benzene rings is 2. The number of nitrogens with zero attached hydrogens (tertiary/aromatic N) is 1. The summed E-state index contributed by atoms with van der Waals surface area (Å²) in [7, 11) is 0. The number of carbonyl (C=O) groups is 2. The number of anilines is 1. The molecule has 0 bridgehead atoms. The van der Waals surface area contributed by atoms with Crippen molar-refractivity contribution in [2.45, 2.75) is 30.8 Å². The van der Waals surface area contributed by atoms with Crippen molar-refractivity contribution in [2.75, 3.05) is 31.6 Å². The van der Waals surface area contributed by atoms with Gasteiger partial charge in [0, 0.05) is 34.3 Å². The van der Waals surface area contributed by atoms with Crippen molar-refractivity contribution in [3.63, 3.8) is 0 Å². The highest BCUT2D eigenvalue weighted by molar-refractivity contribution is 6.31. The summed E-state index contributed by atoms with van der Waals surface area (Å²) in [6.07, 6.45) is 1.78. The molecule has 2 amide bonds. The zero-order valence-corrected chi connectivity index (χ0v) is 19.6. The maximum atomic E-state index is 13.6. The third-order valence-electron chi connectivity index (χ3n) is 6.52. The van der Waals surface area contributed by atoms with Crippen LogP contribution in [0.15, 0.2) is 42.5 Å². The van der Waals surface area contributed by atoms with Crippen molar-refractivity contribution in [3.8, 4) is 0 Å². The quantitative estimate of drug-likeness (QED) is 0.476. The number of piperidine rings is 1. The molecule has 4 N–H and O–H groups in total. The molecule has 2 aliphatic rings. The van der Waals surface area contributed by atoms with Gasteiger partial charge in [0.15, 0.2) is 0 Å². The Labute approximate surface area is 202 Å². The van der Waals surface area contributed by atoms with E-state index in [0.717, 1.165) is 17.5 Å². The second kappa shape index (κ2) is 9.99. The van der Waals surface area contributed by atoms with Gasteiger partial charge in [-0.2, -0.15) is 0 Å². The van der Waals surface area contributed by atoms with Crippen LogP contribution >= 0.6 is 23.2 Å². The monoisotopic (exact) mass is 491 g/mol. The first-order valence-electron chi connectivity index (χ1n) is 11.0. The minimum Gasteiger partial charge on any atom is -0.394 e. The lowest BCUT2D eigenvalue weighted by Crippen LogP contribution is -2.58. The number of halogens is 2. The number of amides is 2. The van der Waals surface area contributed by atoms with Gasteiger partial charge < -0.3 is 20.8 Å². The van der Waals surface area contributed by atoms with E-state index in [0.29, 0.717) is 41.7 Å². The minimum atomic E-state index is -1.02. The van der Waals surface area contributed by atoms with E-state index in [4.69, 9.17) is 23.2 Å². The van der Waals surface area contributed by atoms with Gasteiger partial charge in [-0.3, -0.25) is 14.5 Å². The molecule has 2 unspecified atom stereocenters. The van der Waals surface area contributed by atoms with Crippen LogP contribution in [0.4, 0.5) is 5.69 Å². The highest BCUT2D eigenvalue weighted by atomic mass is 35.5. The maximum Gasteiger partial charge on any atom is 0.249 e. The van der Waals surface area contributed by atoms with E-state index in [1.807, 2.05) is 24.3 Å². The molecule has 2 atom stereocenters. The van der Waals surface area contributed by atoms with E-state index in [-0.39, 0.29) is 30.9 Å². The summed E-state index contributed by atoms with van der Waals surface area (Å²) in [5.74, 6) is -0.774. The maximum absolute atomic E-state index is 13.6. The summed E-state index contributed by atoms with van der Waals surface area (Å²) in [5.41, 5.74) is 1.38. The summed E-state index contributed by atoms with van der Waals surface area (Å²) in [5, 5.41) is 25.5. The number of hydrogen-bond acceptors (Lipinski definition) is 5. The van der Waals surface area contributed by atoms with Crippen molar-refractivity contribution < 1.29 is 19.8 Å². The Morgan fingerprint density at radius 3 is 2.67 bits per heavy atom. The Bertz CT molecular complexity index is 1050. The Morgan fingerprint density at radius 1 is 1.18 bits per heavy atom. The number of aliphatic hydroxyl groups excluding tert-OH is 2. The van der Waals surface area contributed by atoms with Gasteiger partial charge in [0.25, 0.3) is 0 Å². The topological polar surface area (TPSA) is 102 Å². The van der Waals surface area contributed by atoms with Crippen LogP contribution in [0.25, 0.3) is 0 Å². The van der Waals surface area contributed by atoms with Gasteiger partial charge in [0.1, 0.15) is 5.54 Å². The normalized spacial score (nSPS) is 22.8. The molecular formula is C24H27Cl2N3O4. The van der Waals surface area contributed by atoms with Gasteiger partial charge in [-0.05, 0) is 49.2 Å². The lowest BCUT2D eigenvalue weighted by Gasteiger charge is -2.44. The zero-order chi connectivity index (χ0) is 23.6. The molecule has 33 heavy (non-hydrogen) atoms. The van der Waals surface area contributed by atoms with Crippen LogP contribution in [0.2, 0.25) is 10.0 Å². The summed E-state index contributed by atoms with van der Waals surface area (Å²) in [4.78, 5) is 28.5. The van der Waals surface area contributed by atoms with E-state index < -0.39 is 11.6 Å². The van der Waals surface area contributed by atoms with Crippen molar-refractivity contribution in [1.29, 1.82) is 0 Å². The highest BCUT2D eigenvalue weighted by Crippen LogP contribution is 2.45. The Kier molecular flexibility index (Phi) is 7.26. The molecule has 7 nitrogen and oxygen atoms in total. The smallest absolute Gasteiger partial charge is 0.249 e. The molecule has 1 saturated heterocycles. The number of hydrogen-bond donors (Lipinski definition) is 4. The SMILES string of the molecule is O=C(NC(CO)CO)C1CCCN(C2(Cc3cccc(Cl)c3)C(=O)Nc3cc(Cl)ccc32)C1. The fraction of sp³-hybridized carbons (Fsp3) is 0.417. The van der Waals surface area contributed by atoms with Crippen LogP contribution in [0.1, 0.15) is 24.0 Å². The molecule has 2 aliphatic heterocycles. The Morgan fingerprint density at radius 2 is 1.94 bits per heavy atom. The number of aliphatic hydroxyl groups is 2. The molecule has 2 aromatic carbocycles. The second-order valence-corrected chi connectivity index (χ2v) is 9.54. The molecule has 0 saturated carbocycles. The number of carbonyl (C=O) groups excluding carboxylic acids is 2. The molecule has 0 spiro atoms. The van der Waals surface area contributed by atoms with Crippen molar-refractivity contribution in [3.05, 3.63) is 63.6 Å². The second-order valence-electron chi connectivity index (χ2n) is 8.67. The average molecular weight is 492 g/mol. The Hall–Kier alpha value is -2.16. The summed E-state index contributed by atoms with van der Waals surface area (Å²) in [6.45, 7) is 0.330. The molecule has 0 aromatic heterocycles. The first-order valence-corrected chi connectivity index (χ1v) is 11.8. The summed E-state index contributed by atoms with van der Waals surface area (Å²) >= 11 is 12.4. The van der Waals surface area contributed by atoms with Crippen LogP contribution in [0, 0.1) is 5.92 Å². The molecule has 9 heteroatoms. The van der Waals surface area contributed by atoms with Gasteiger partial charge in [0.2, 0.25) is 11.8 Å². The lowest BCUT2D eigenvalue weighted by atomic mass is 9.80. The van der Waals surface area contributed by atoms with Crippen LogP contribution in [-0.4, -0.2) is 59.3 Å². The summed E-state index contributed by atoms with van der Waals surface area (Å²) in [6, 6.07) is 12.1. The van der Waals surface area contributed by atoms with E-state index in [1.165, 1.54) is 0 Å². The number of likely N-dealkylation sites (tertiary alicyclic amines) is 1. The van der Waals surface area contributed by atoms with E-state index >= 15 is 0 Å². The largest absolute Gasteiger partial charge is 0.394 e. The standard InChI is InChI=1S/C24H27Cl2N3O4/c25-17-5-1-3-15(9-17)11-24(20-7-6-18(26)10-21(20)28-23(24)33)29-8-2-4-16(12-29)22(32)27-19(13-30)14-31/h1,3,5-7,9-10,16,19,30-31H,2,4,8,11-14H2,(H,27,32)(H,28,33). The first-order chi connectivity index (χ1) is 15.9. The molecule has 2 aromatic rings. The molecule has 1 fully saturated rings. The van der Waals surface area contributed by atoms with Crippen LogP contribution in [0.5, 0.6) is 0 Å². The molecule has 0 radical (unpaired) electrons. The third-order valence-corrected chi connectivity index (χ3v) is 6.99. The van der Waals surface area contributed by atoms with Crippen molar-refractivity contribution in [2.24, 2.45) is 5.92 Å². The van der Waals surface area contributed by atoms with Crippen LogP contribution in [0.3, 0.4) is 0 Å². The number of fused-ring (bicyclic) bond motifs is 1. The van der Waals surface area contributed by atoms with Gasteiger partial charge in [-0.25, -0.2) is 0 Å². The molecular weight excluding hydrogens is 465 g/mol. The molecule has 176 valence electrons. The predicted molar refractivity (Wildman–Crippen MR) is 127 cm³/mol. The van der Waals surface area contributed by atoms with E-state index in [9.17, 15) is 19.8 Å².